The molecule has 4 rings (SSSR count). The molecule has 0 unspecified atom stereocenters. The molecular formula is C18H14F2N6O. The average Bonchev–Trinajstić information content (AvgIpc) is 3.27. The number of alkyl halides is 2. The minimum absolute atomic E-state index is 0.0483. The van der Waals surface area contributed by atoms with Gasteiger partial charge in [0.1, 0.15) is 12.1 Å². The number of nitrogens with zero attached hydrogens (tertiary/aromatic N) is 4. The zero-order chi connectivity index (χ0) is 19.0. The van der Waals surface area contributed by atoms with Crippen molar-refractivity contribution in [3.8, 4) is 11.3 Å². The molecule has 0 fully saturated rings. The highest BCUT2D eigenvalue weighted by Gasteiger charge is 2.16. The molecule has 2 N–H and O–H groups in total. The molecule has 1 aromatic carbocycles. The van der Waals surface area contributed by atoms with Crippen LogP contribution in [0.4, 0.5) is 14.6 Å². The standard InChI is InChI=1S/C18H14F2N6O/c1-26-17(22-9-23-26)18(27)25-15-7-13-10(8-21-15)6-14(24-13)11-4-2-3-5-12(11)16(19)20/h2-9,16,24H,1H3,(H,21,25,27). The van der Waals surface area contributed by atoms with Gasteiger partial charge in [0.2, 0.25) is 5.82 Å². The molecule has 3 aromatic heterocycles. The number of nitrogens with one attached hydrogen (secondary N) is 2. The summed E-state index contributed by atoms with van der Waals surface area (Å²) in [5.74, 6) is 0.0117. The number of hydrogen-bond acceptors (Lipinski definition) is 4. The van der Waals surface area contributed by atoms with Crippen molar-refractivity contribution in [3.63, 3.8) is 0 Å². The molecule has 0 saturated carbocycles. The van der Waals surface area contributed by atoms with Crippen LogP contribution in [-0.2, 0) is 7.05 Å². The molecule has 4 aromatic rings. The predicted octanol–water partition coefficient (Wildman–Crippen LogP) is 3.55. The van der Waals surface area contributed by atoms with E-state index in [9.17, 15) is 13.6 Å². The first-order valence-corrected chi connectivity index (χ1v) is 8.04. The van der Waals surface area contributed by atoms with Gasteiger partial charge in [-0.2, -0.15) is 5.10 Å². The van der Waals surface area contributed by atoms with E-state index in [1.165, 1.54) is 17.1 Å². The normalized spacial score (nSPS) is 11.3. The number of aromatic amines is 1. The third-order valence-corrected chi connectivity index (χ3v) is 4.15. The number of pyridine rings is 1. The summed E-state index contributed by atoms with van der Waals surface area (Å²) in [7, 11) is 1.61. The van der Waals surface area contributed by atoms with E-state index in [4.69, 9.17) is 0 Å². The molecular weight excluding hydrogens is 354 g/mol. The number of fused-ring (bicyclic) bond motifs is 1. The number of anilines is 1. The largest absolute Gasteiger partial charge is 0.354 e. The van der Waals surface area contributed by atoms with E-state index in [1.807, 2.05) is 0 Å². The van der Waals surface area contributed by atoms with Crippen molar-refractivity contribution in [3.05, 3.63) is 60.3 Å². The number of amides is 1. The van der Waals surface area contributed by atoms with Crippen LogP contribution in [0.1, 0.15) is 22.6 Å². The Morgan fingerprint density at radius 2 is 2.04 bits per heavy atom. The summed E-state index contributed by atoms with van der Waals surface area (Å²) < 4.78 is 27.9. The molecule has 0 spiro atoms. The van der Waals surface area contributed by atoms with Crippen molar-refractivity contribution in [1.29, 1.82) is 0 Å². The Hall–Kier alpha value is -3.62. The predicted molar refractivity (Wildman–Crippen MR) is 95.4 cm³/mol. The number of aryl methyl sites for hydroxylation is 1. The van der Waals surface area contributed by atoms with Crippen LogP contribution < -0.4 is 5.32 Å². The van der Waals surface area contributed by atoms with Gasteiger partial charge in [0.15, 0.2) is 0 Å². The van der Waals surface area contributed by atoms with E-state index in [0.717, 1.165) is 5.39 Å². The van der Waals surface area contributed by atoms with Crippen molar-refractivity contribution in [1.82, 2.24) is 24.7 Å². The molecule has 0 aliphatic rings. The summed E-state index contributed by atoms with van der Waals surface area (Å²) in [6, 6.07) is 9.70. The van der Waals surface area contributed by atoms with Crippen LogP contribution in [0.2, 0.25) is 0 Å². The molecule has 0 aliphatic carbocycles. The third kappa shape index (κ3) is 3.14. The second kappa shape index (κ2) is 6.60. The van der Waals surface area contributed by atoms with Gasteiger partial charge in [-0.25, -0.2) is 23.4 Å². The summed E-state index contributed by atoms with van der Waals surface area (Å²) in [5.41, 5.74) is 1.60. The zero-order valence-corrected chi connectivity index (χ0v) is 14.1. The van der Waals surface area contributed by atoms with Crippen LogP contribution in [-0.4, -0.2) is 30.6 Å². The molecule has 136 valence electrons. The van der Waals surface area contributed by atoms with Gasteiger partial charge in [0.05, 0.1) is 5.52 Å². The lowest BCUT2D eigenvalue weighted by Crippen LogP contribution is -2.18. The van der Waals surface area contributed by atoms with Gasteiger partial charge in [0.25, 0.3) is 12.3 Å². The number of halogens is 2. The highest BCUT2D eigenvalue weighted by atomic mass is 19.3. The van der Waals surface area contributed by atoms with E-state index in [2.05, 4.69) is 25.4 Å². The lowest BCUT2D eigenvalue weighted by molar-refractivity contribution is 0.101. The van der Waals surface area contributed by atoms with Crippen molar-refractivity contribution >= 4 is 22.6 Å². The summed E-state index contributed by atoms with van der Waals surface area (Å²) in [5, 5.41) is 7.23. The topological polar surface area (TPSA) is 88.5 Å². The van der Waals surface area contributed by atoms with E-state index < -0.39 is 12.3 Å². The van der Waals surface area contributed by atoms with E-state index >= 15 is 0 Å². The van der Waals surface area contributed by atoms with E-state index in [0.29, 0.717) is 22.6 Å². The highest BCUT2D eigenvalue weighted by molar-refractivity contribution is 6.02. The molecule has 27 heavy (non-hydrogen) atoms. The number of benzene rings is 1. The SMILES string of the molecule is Cn1ncnc1C(=O)Nc1cc2[nH]c(-c3ccccc3C(F)F)cc2cn1. The zero-order valence-electron chi connectivity index (χ0n) is 14.1. The number of carbonyl (C=O) groups is 1. The Morgan fingerprint density at radius 3 is 2.78 bits per heavy atom. The Bertz CT molecular complexity index is 1130. The number of aromatic nitrogens is 5. The van der Waals surface area contributed by atoms with E-state index in [1.54, 1.807) is 43.6 Å². The molecule has 0 saturated heterocycles. The maximum Gasteiger partial charge on any atom is 0.294 e. The monoisotopic (exact) mass is 368 g/mol. The molecule has 7 nitrogen and oxygen atoms in total. The van der Waals surface area contributed by atoms with Gasteiger partial charge in [-0.1, -0.05) is 24.3 Å². The second-order valence-corrected chi connectivity index (χ2v) is 5.89. The summed E-state index contributed by atoms with van der Waals surface area (Å²) in [6.07, 6.45) is 0.266. The maximum absolute atomic E-state index is 13.3. The molecule has 0 aliphatic heterocycles. The number of carbonyl (C=O) groups excluding carboxylic acids is 1. The van der Waals surface area contributed by atoms with Crippen molar-refractivity contribution in [2.75, 3.05) is 5.32 Å². The minimum Gasteiger partial charge on any atom is -0.354 e. The Balaban J connectivity index is 1.67. The molecule has 1 amide bonds. The van der Waals surface area contributed by atoms with Crippen LogP contribution in [0, 0.1) is 0 Å². The molecule has 0 atom stereocenters. The van der Waals surface area contributed by atoms with Crippen molar-refractivity contribution in [2.24, 2.45) is 7.05 Å². The van der Waals surface area contributed by atoms with Crippen LogP contribution in [0.15, 0.2) is 48.9 Å². The van der Waals surface area contributed by atoms with Crippen LogP contribution >= 0.6 is 0 Å². The quantitative estimate of drug-likeness (QED) is 0.577. The molecule has 3 heterocycles. The summed E-state index contributed by atoms with van der Waals surface area (Å²) >= 11 is 0. The van der Waals surface area contributed by atoms with Gasteiger partial charge in [-0.3, -0.25) is 4.79 Å². The Kier molecular flexibility index (Phi) is 4.11. The Labute approximate surface area is 152 Å². The second-order valence-electron chi connectivity index (χ2n) is 5.89. The van der Waals surface area contributed by atoms with E-state index in [-0.39, 0.29) is 11.4 Å². The maximum atomic E-state index is 13.3. The average molecular weight is 368 g/mol. The van der Waals surface area contributed by atoms with Crippen LogP contribution in [0.5, 0.6) is 0 Å². The number of rotatable bonds is 4. The Morgan fingerprint density at radius 1 is 1.22 bits per heavy atom. The number of H-pyrrole nitrogens is 1. The lowest BCUT2D eigenvalue weighted by atomic mass is 10.1. The molecule has 9 heteroatoms. The fourth-order valence-corrected chi connectivity index (χ4v) is 2.85. The highest BCUT2D eigenvalue weighted by Crippen LogP contribution is 2.32. The fraction of sp³-hybridized carbons (Fsp3) is 0.111. The van der Waals surface area contributed by atoms with Gasteiger partial charge in [0, 0.05) is 41.5 Å². The molecule has 0 radical (unpaired) electrons. The summed E-state index contributed by atoms with van der Waals surface area (Å²) in [4.78, 5) is 23.4. The van der Waals surface area contributed by atoms with Crippen molar-refractivity contribution < 1.29 is 13.6 Å². The number of hydrogen-bond donors (Lipinski definition) is 2. The van der Waals surface area contributed by atoms with Gasteiger partial charge < -0.3 is 10.3 Å². The smallest absolute Gasteiger partial charge is 0.294 e. The minimum atomic E-state index is -2.58. The first-order valence-electron chi connectivity index (χ1n) is 8.04. The van der Waals surface area contributed by atoms with Gasteiger partial charge in [-0.15, -0.1) is 0 Å². The third-order valence-electron chi connectivity index (χ3n) is 4.15. The van der Waals surface area contributed by atoms with Crippen LogP contribution in [0.3, 0.4) is 0 Å². The van der Waals surface area contributed by atoms with Crippen molar-refractivity contribution in [2.45, 2.75) is 6.43 Å². The van der Waals surface area contributed by atoms with Gasteiger partial charge in [-0.05, 0) is 6.07 Å². The van der Waals surface area contributed by atoms with Gasteiger partial charge >= 0.3 is 0 Å². The fourth-order valence-electron chi connectivity index (χ4n) is 2.85. The molecule has 0 bridgehead atoms. The first-order chi connectivity index (χ1) is 13.0. The lowest BCUT2D eigenvalue weighted by Gasteiger charge is -2.06. The first kappa shape index (κ1) is 16.8. The summed E-state index contributed by atoms with van der Waals surface area (Å²) in [6.45, 7) is 0. The van der Waals surface area contributed by atoms with Crippen LogP contribution in [0.25, 0.3) is 22.2 Å².